The van der Waals surface area contributed by atoms with Crippen molar-refractivity contribution in [1.29, 1.82) is 0 Å². The molecular weight excluding hydrogens is 376 g/mol. The minimum atomic E-state index is -0.345. The van der Waals surface area contributed by atoms with Crippen molar-refractivity contribution in [3.8, 4) is 11.5 Å². The van der Waals surface area contributed by atoms with Crippen LogP contribution >= 0.6 is 11.8 Å². The van der Waals surface area contributed by atoms with Crippen molar-refractivity contribution in [3.63, 3.8) is 0 Å². The third-order valence-electron chi connectivity index (χ3n) is 4.42. The number of fused-ring (bicyclic) bond motifs is 1. The highest BCUT2D eigenvalue weighted by Crippen LogP contribution is 2.35. The number of benzene rings is 2. The molecule has 8 heteroatoms. The first-order valence-electron chi connectivity index (χ1n) is 8.88. The molecule has 1 aliphatic heterocycles. The minimum Gasteiger partial charge on any atom is -0.485 e. The number of thioether (sulfide) groups is 1. The Morgan fingerprint density at radius 1 is 1.18 bits per heavy atom. The summed E-state index contributed by atoms with van der Waals surface area (Å²) in [6.07, 6.45) is -0.345. The van der Waals surface area contributed by atoms with Crippen molar-refractivity contribution < 1.29 is 14.3 Å². The molecule has 1 atom stereocenters. The number of rotatable bonds is 5. The lowest BCUT2D eigenvalue weighted by molar-refractivity contribution is -0.113. The van der Waals surface area contributed by atoms with Crippen LogP contribution in [0.25, 0.3) is 0 Å². The number of carbonyl (C=O) groups is 1. The summed E-state index contributed by atoms with van der Waals surface area (Å²) >= 11 is 1.33. The van der Waals surface area contributed by atoms with Gasteiger partial charge >= 0.3 is 0 Å². The maximum Gasteiger partial charge on any atom is 0.234 e. The Bertz CT molecular complexity index is 1000. The molecule has 2 aromatic carbocycles. The second-order valence-electron chi connectivity index (χ2n) is 6.42. The van der Waals surface area contributed by atoms with Gasteiger partial charge in [0.25, 0.3) is 0 Å². The van der Waals surface area contributed by atoms with Gasteiger partial charge in [-0.1, -0.05) is 42.1 Å². The summed E-state index contributed by atoms with van der Waals surface area (Å²) in [5, 5.41) is 12.0. The van der Waals surface area contributed by atoms with Crippen molar-refractivity contribution in [2.24, 2.45) is 7.05 Å². The van der Waals surface area contributed by atoms with Crippen molar-refractivity contribution in [2.75, 3.05) is 17.7 Å². The van der Waals surface area contributed by atoms with Gasteiger partial charge in [0, 0.05) is 12.7 Å². The van der Waals surface area contributed by atoms with E-state index >= 15 is 0 Å². The summed E-state index contributed by atoms with van der Waals surface area (Å²) in [7, 11) is 1.86. The molecule has 0 aliphatic carbocycles. The van der Waals surface area contributed by atoms with E-state index in [1.807, 2.05) is 67.1 Å². The molecule has 4 rings (SSSR count). The molecule has 3 aromatic rings. The number of anilines is 1. The molecule has 1 unspecified atom stereocenters. The van der Waals surface area contributed by atoms with Crippen LogP contribution in [0.4, 0.5) is 5.69 Å². The molecule has 0 radical (unpaired) electrons. The van der Waals surface area contributed by atoms with E-state index in [1.165, 1.54) is 11.8 Å². The maximum absolute atomic E-state index is 12.3. The van der Waals surface area contributed by atoms with E-state index in [9.17, 15) is 4.79 Å². The van der Waals surface area contributed by atoms with Crippen LogP contribution in [-0.4, -0.2) is 33.0 Å². The summed E-state index contributed by atoms with van der Waals surface area (Å²) < 4.78 is 13.6. The second kappa shape index (κ2) is 7.93. The van der Waals surface area contributed by atoms with Crippen molar-refractivity contribution in [1.82, 2.24) is 14.8 Å². The van der Waals surface area contributed by atoms with Crippen LogP contribution in [0.2, 0.25) is 0 Å². The van der Waals surface area contributed by atoms with Gasteiger partial charge in [0.1, 0.15) is 6.61 Å². The lowest BCUT2D eigenvalue weighted by Gasteiger charge is -2.25. The number of hydrogen-bond donors (Lipinski definition) is 1. The van der Waals surface area contributed by atoms with Crippen LogP contribution in [0, 0.1) is 6.92 Å². The largest absolute Gasteiger partial charge is 0.485 e. The highest BCUT2D eigenvalue weighted by Gasteiger charge is 2.27. The van der Waals surface area contributed by atoms with Gasteiger partial charge in [-0.3, -0.25) is 4.79 Å². The number of aromatic nitrogens is 3. The zero-order valence-corrected chi connectivity index (χ0v) is 16.4. The first-order chi connectivity index (χ1) is 13.6. The van der Waals surface area contributed by atoms with E-state index in [0.29, 0.717) is 23.3 Å². The quantitative estimate of drug-likeness (QED) is 0.666. The van der Waals surface area contributed by atoms with E-state index in [-0.39, 0.29) is 17.8 Å². The number of nitrogens with one attached hydrogen (secondary N) is 1. The van der Waals surface area contributed by atoms with Gasteiger partial charge in [0.2, 0.25) is 5.91 Å². The zero-order chi connectivity index (χ0) is 19.5. The molecule has 0 bridgehead atoms. The van der Waals surface area contributed by atoms with Crippen molar-refractivity contribution >= 4 is 23.4 Å². The SMILES string of the molecule is Cc1ccccc1NC(=O)CSc1nnc(C2COc3ccccc3O2)n1C. The summed E-state index contributed by atoms with van der Waals surface area (Å²) in [5.41, 5.74) is 1.84. The molecule has 1 amide bonds. The number of hydrogen-bond acceptors (Lipinski definition) is 6. The second-order valence-corrected chi connectivity index (χ2v) is 7.36. The predicted octanol–water partition coefficient (Wildman–Crippen LogP) is 3.37. The summed E-state index contributed by atoms with van der Waals surface area (Å²) in [6, 6.07) is 15.2. The topological polar surface area (TPSA) is 78.3 Å². The van der Waals surface area contributed by atoms with Crippen LogP contribution in [0.15, 0.2) is 53.7 Å². The smallest absolute Gasteiger partial charge is 0.234 e. The lowest BCUT2D eigenvalue weighted by Crippen LogP contribution is -2.24. The number of amides is 1. The summed E-state index contributed by atoms with van der Waals surface area (Å²) in [5.74, 6) is 2.23. The third-order valence-corrected chi connectivity index (χ3v) is 5.44. The number of para-hydroxylation sites is 3. The van der Waals surface area contributed by atoms with Gasteiger partial charge in [-0.05, 0) is 30.7 Å². The van der Waals surface area contributed by atoms with Gasteiger partial charge in [-0.15, -0.1) is 10.2 Å². The first kappa shape index (κ1) is 18.4. The van der Waals surface area contributed by atoms with Crippen molar-refractivity contribution in [3.05, 3.63) is 59.9 Å². The average Bonchev–Trinajstić information content (AvgIpc) is 3.08. The van der Waals surface area contributed by atoms with E-state index < -0.39 is 0 Å². The highest BCUT2D eigenvalue weighted by molar-refractivity contribution is 7.99. The number of carbonyl (C=O) groups excluding carboxylic acids is 1. The lowest BCUT2D eigenvalue weighted by atomic mass is 10.2. The van der Waals surface area contributed by atoms with Crippen LogP contribution < -0.4 is 14.8 Å². The molecule has 144 valence electrons. The van der Waals surface area contributed by atoms with Gasteiger partial charge in [0.15, 0.2) is 28.6 Å². The molecule has 2 heterocycles. The van der Waals surface area contributed by atoms with Gasteiger partial charge in [0.05, 0.1) is 5.75 Å². The van der Waals surface area contributed by atoms with E-state index in [1.54, 1.807) is 0 Å². The molecule has 1 aromatic heterocycles. The zero-order valence-electron chi connectivity index (χ0n) is 15.6. The van der Waals surface area contributed by atoms with Gasteiger partial charge in [-0.25, -0.2) is 0 Å². The maximum atomic E-state index is 12.3. The van der Waals surface area contributed by atoms with E-state index in [4.69, 9.17) is 9.47 Å². The number of nitrogens with zero attached hydrogens (tertiary/aromatic N) is 3. The van der Waals surface area contributed by atoms with Crippen LogP contribution in [-0.2, 0) is 11.8 Å². The normalized spacial score (nSPS) is 15.3. The van der Waals surface area contributed by atoms with Gasteiger partial charge < -0.3 is 19.4 Å². The predicted molar refractivity (Wildman–Crippen MR) is 107 cm³/mol. The third kappa shape index (κ3) is 3.82. The molecule has 7 nitrogen and oxygen atoms in total. The Labute approximate surface area is 167 Å². The number of aryl methyl sites for hydroxylation is 1. The summed E-state index contributed by atoms with van der Waals surface area (Å²) in [4.78, 5) is 12.3. The Balaban J connectivity index is 1.39. The average molecular weight is 396 g/mol. The first-order valence-corrected chi connectivity index (χ1v) is 9.86. The standard InChI is InChI=1S/C20H20N4O3S/c1-13-7-3-4-8-14(13)21-18(25)12-28-20-23-22-19(24(20)2)17-11-26-15-9-5-6-10-16(15)27-17/h3-10,17H,11-12H2,1-2H3,(H,21,25). The van der Waals surface area contributed by atoms with Crippen molar-refractivity contribution in [2.45, 2.75) is 18.2 Å². The van der Waals surface area contributed by atoms with Gasteiger partial charge in [-0.2, -0.15) is 0 Å². The molecule has 0 saturated heterocycles. The minimum absolute atomic E-state index is 0.0879. The Kier molecular flexibility index (Phi) is 5.21. The molecule has 28 heavy (non-hydrogen) atoms. The van der Waals surface area contributed by atoms with E-state index in [2.05, 4.69) is 15.5 Å². The molecule has 0 saturated carbocycles. The van der Waals surface area contributed by atoms with Crippen LogP contribution in [0.3, 0.4) is 0 Å². The summed E-state index contributed by atoms with van der Waals surface area (Å²) in [6.45, 7) is 2.32. The Morgan fingerprint density at radius 3 is 2.75 bits per heavy atom. The number of ether oxygens (including phenoxy) is 2. The molecule has 1 N–H and O–H groups in total. The Morgan fingerprint density at radius 2 is 1.93 bits per heavy atom. The van der Waals surface area contributed by atoms with E-state index in [0.717, 1.165) is 17.0 Å². The van der Waals surface area contributed by atoms with Crippen LogP contribution in [0.1, 0.15) is 17.5 Å². The molecular formula is C20H20N4O3S. The fraction of sp³-hybridized carbons (Fsp3) is 0.250. The van der Waals surface area contributed by atoms with Crippen LogP contribution in [0.5, 0.6) is 11.5 Å². The molecule has 0 fully saturated rings. The highest BCUT2D eigenvalue weighted by atomic mass is 32.2. The molecule has 1 aliphatic rings. The molecule has 0 spiro atoms. The fourth-order valence-corrected chi connectivity index (χ4v) is 3.63. The monoisotopic (exact) mass is 396 g/mol. The fourth-order valence-electron chi connectivity index (χ4n) is 2.91. The Hall–Kier alpha value is -3.00.